The summed E-state index contributed by atoms with van der Waals surface area (Å²) in [6, 6.07) is 0.327. The largest absolute Gasteiger partial charge is 0.337 e. The van der Waals surface area contributed by atoms with Crippen LogP contribution in [0.3, 0.4) is 0 Å². The summed E-state index contributed by atoms with van der Waals surface area (Å²) in [6.45, 7) is 10.8. The standard InChI is InChI=1S/C17H31N5O/c1-14(2)5-6-15(3)19-17(23)22-11-9-21(10-12-22)13-16-18-7-8-20(16)4/h7-8,14-15H,5-6,9-13H2,1-4H3,(H,19,23)/t15-/m1/s1. The first-order valence-corrected chi connectivity index (χ1v) is 8.69. The third-order valence-corrected chi connectivity index (χ3v) is 4.49. The highest BCUT2D eigenvalue weighted by atomic mass is 16.2. The molecule has 0 radical (unpaired) electrons. The van der Waals surface area contributed by atoms with E-state index in [1.54, 1.807) is 0 Å². The van der Waals surface area contributed by atoms with Crippen molar-refractivity contribution < 1.29 is 4.79 Å². The highest BCUT2D eigenvalue weighted by Crippen LogP contribution is 2.09. The number of carbonyl (C=O) groups is 1. The molecule has 130 valence electrons. The van der Waals surface area contributed by atoms with Gasteiger partial charge in [0.1, 0.15) is 5.82 Å². The Bertz CT molecular complexity index is 491. The quantitative estimate of drug-likeness (QED) is 0.873. The van der Waals surface area contributed by atoms with Crippen molar-refractivity contribution in [1.29, 1.82) is 0 Å². The number of amides is 2. The van der Waals surface area contributed by atoms with E-state index in [1.165, 1.54) is 0 Å². The van der Waals surface area contributed by atoms with Gasteiger partial charge >= 0.3 is 6.03 Å². The molecule has 0 spiro atoms. The second kappa shape index (κ2) is 8.34. The van der Waals surface area contributed by atoms with Crippen LogP contribution in [0.25, 0.3) is 0 Å². The van der Waals surface area contributed by atoms with Crippen LogP contribution in [-0.4, -0.2) is 57.6 Å². The van der Waals surface area contributed by atoms with Crippen LogP contribution in [0.1, 0.15) is 39.4 Å². The molecule has 0 aliphatic carbocycles. The highest BCUT2D eigenvalue weighted by Gasteiger charge is 2.22. The average molecular weight is 321 g/mol. The molecule has 0 unspecified atom stereocenters. The minimum Gasteiger partial charge on any atom is -0.337 e. The van der Waals surface area contributed by atoms with Crippen molar-refractivity contribution in [2.45, 2.75) is 46.2 Å². The molecule has 0 saturated carbocycles. The fourth-order valence-electron chi connectivity index (χ4n) is 2.82. The molecule has 1 aromatic rings. The second-order valence-corrected chi connectivity index (χ2v) is 7.04. The number of hydrogen-bond donors (Lipinski definition) is 1. The maximum atomic E-state index is 12.3. The zero-order valence-corrected chi connectivity index (χ0v) is 15.0. The summed E-state index contributed by atoms with van der Waals surface area (Å²) in [5, 5.41) is 3.13. The van der Waals surface area contributed by atoms with Gasteiger partial charge in [-0.15, -0.1) is 0 Å². The third-order valence-electron chi connectivity index (χ3n) is 4.49. The van der Waals surface area contributed by atoms with E-state index in [0.717, 1.165) is 51.4 Å². The molecule has 2 amide bonds. The van der Waals surface area contributed by atoms with Crippen LogP contribution in [0.5, 0.6) is 0 Å². The third kappa shape index (κ3) is 5.53. The molecule has 1 fully saturated rings. The number of imidazole rings is 1. The fourth-order valence-corrected chi connectivity index (χ4v) is 2.82. The SMILES string of the molecule is CC(C)CC[C@@H](C)NC(=O)N1CCN(Cc2nccn2C)CC1. The number of aryl methyl sites for hydroxylation is 1. The van der Waals surface area contributed by atoms with Crippen molar-refractivity contribution in [3.63, 3.8) is 0 Å². The Kier molecular flexibility index (Phi) is 6.45. The van der Waals surface area contributed by atoms with Crippen molar-refractivity contribution >= 4 is 6.03 Å². The van der Waals surface area contributed by atoms with E-state index in [9.17, 15) is 4.79 Å². The van der Waals surface area contributed by atoms with E-state index in [-0.39, 0.29) is 12.1 Å². The van der Waals surface area contributed by atoms with Gasteiger partial charge in [0.15, 0.2) is 0 Å². The smallest absolute Gasteiger partial charge is 0.317 e. The van der Waals surface area contributed by atoms with Crippen LogP contribution in [0.15, 0.2) is 12.4 Å². The molecule has 0 bridgehead atoms. The van der Waals surface area contributed by atoms with Crippen molar-refractivity contribution in [3.05, 3.63) is 18.2 Å². The summed E-state index contributed by atoms with van der Waals surface area (Å²) >= 11 is 0. The minimum absolute atomic E-state index is 0.0814. The number of urea groups is 1. The first-order chi connectivity index (χ1) is 11.0. The van der Waals surface area contributed by atoms with Gasteiger partial charge in [0, 0.05) is 51.7 Å². The minimum atomic E-state index is 0.0814. The molecule has 1 aliphatic rings. The zero-order valence-electron chi connectivity index (χ0n) is 15.0. The molecular weight excluding hydrogens is 290 g/mol. The van der Waals surface area contributed by atoms with Crippen molar-refractivity contribution in [3.8, 4) is 0 Å². The van der Waals surface area contributed by atoms with Crippen LogP contribution in [0, 0.1) is 5.92 Å². The normalized spacial score (nSPS) is 17.5. The molecule has 1 N–H and O–H groups in total. The van der Waals surface area contributed by atoms with Crippen molar-refractivity contribution in [2.75, 3.05) is 26.2 Å². The predicted molar refractivity (Wildman–Crippen MR) is 92.1 cm³/mol. The summed E-state index contributed by atoms with van der Waals surface area (Å²) in [6.07, 6.45) is 6.00. The molecule has 6 heteroatoms. The molecule has 2 rings (SSSR count). The Balaban J connectivity index is 1.71. The maximum Gasteiger partial charge on any atom is 0.317 e. The van der Waals surface area contributed by atoms with Gasteiger partial charge in [0.05, 0.1) is 6.54 Å². The Labute approximate surface area is 139 Å². The molecule has 1 aromatic heterocycles. The van der Waals surface area contributed by atoms with Gasteiger partial charge in [-0.3, -0.25) is 4.90 Å². The summed E-state index contributed by atoms with van der Waals surface area (Å²) in [5.74, 6) is 1.76. The van der Waals surface area contributed by atoms with Crippen molar-refractivity contribution in [1.82, 2.24) is 24.7 Å². The van der Waals surface area contributed by atoms with Gasteiger partial charge in [0.2, 0.25) is 0 Å². The number of rotatable bonds is 6. The van der Waals surface area contributed by atoms with Crippen LogP contribution in [0.2, 0.25) is 0 Å². The number of hydrogen-bond acceptors (Lipinski definition) is 3. The monoisotopic (exact) mass is 321 g/mol. The molecule has 1 saturated heterocycles. The van der Waals surface area contributed by atoms with Gasteiger partial charge < -0.3 is 14.8 Å². The van der Waals surface area contributed by atoms with E-state index in [4.69, 9.17) is 0 Å². The predicted octanol–water partition coefficient (Wildman–Crippen LogP) is 2.07. The second-order valence-electron chi connectivity index (χ2n) is 7.04. The lowest BCUT2D eigenvalue weighted by Crippen LogP contribution is -2.53. The van der Waals surface area contributed by atoms with Crippen LogP contribution in [-0.2, 0) is 13.6 Å². The summed E-state index contributed by atoms with van der Waals surface area (Å²) < 4.78 is 2.05. The molecule has 1 atom stereocenters. The first kappa shape index (κ1) is 17.8. The Morgan fingerprint density at radius 2 is 1.91 bits per heavy atom. The fraction of sp³-hybridized carbons (Fsp3) is 0.765. The number of nitrogens with one attached hydrogen (secondary N) is 1. The Morgan fingerprint density at radius 1 is 1.22 bits per heavy atom. The molecular formula is C17H31N5O. The molecule has 23 heavy (non-hydrogen) atoms. The number of piperazine rings is 1. The van der Waals surface area contributed by atoms with Gasteiger partial charge in [-0.25, -0.2) is 9.78 Å². The highest BCUT2D eigenvalue weighted by molar-refractivity contribution is 5.74. The van der Waals surface area contributed by atoms with Crippen molar-refractivity contribution in [2.24, 2.45) is 13.0 Å². The molecule has 2 heterocycles. The van der Waals surface area contributed by atoms with E-state index in [1.807, 2.05) is 24.3 Å². The Hall–Kier alpha value is -1.56. The Morgan fingerprint density at radius 3 is 2.48 bits per heavy atom. The van der Waals surface area contributed by atoms with Gasteiger partial charge in [-0.05, 0) is 25.7 Å². The van der Waals surface area contributed by atoms with Crippen LogP contribution >= 0.6 is 0 Å². The van der Waals surface area contributed by atoms with Gasteiger partial charge in [-0.2, -0.15) is 0 Å². The van der Waals surface area contributed by atoms with E-state index < -0.39 is 0 Å². The number of carbonyl (C=O) groups excluding carboxylic acids is 1. The van der Waals surface area contributed by atoms with E-state index in [0.29, 0.717) is 5.92 Å². The van der Waals surface area contributed by atoms with E-state index >= 15 is 0 Å². The maximum absolute atomic E-state index is 12.3. The lowest BCUT2D eigenvalue weighted by Gasteiger charge is -2.35. The first-order valence-electron chi connectivity index (χ1n) is 8.69. The van der Waals surface area contributed by atoms with E-state index in [2.05, 4.69) is 40.5 Å². The molecule has 0 aromatic carbocycles. The van der Waals surface area contributed by atoms with Gasteiger partial charge in [0.25, 0.3) is 0 Å². The molecule has 1 aliphatic heterocycles. The lowest BCUT2D eigenvalue weighted by atomic mass is 10.0. The summed E-state index contributed by atoms with van der Waals surface area (Å²) in [5.41, 5.74) is 0. The summed E-state index contributed by atoms with van der Waals surface area (Å²) in [7, 11) is 2.02. The molecule has 6 nitrogen and oxygen atoms in total. The lowest BCUT2D eigenvalue weighted by molar-refractivity contribution is 0.131. The topological polar surface area (TPSA) is 53.4 Å². The van der Waals surface area contributed by atoms with Crippen LogP contribution in [0.4, 0.5) is 4.79 Å². The van der Waals surface area contributed by atoms with Gasteiger partial charge in [-0.1, -0.05) is 13.8 Å². The van der Waals surface area contributed by atoms with Crippen LogP contribution < -0.4 is 5.32 Å². The number of aromatic nitrogens is 2. The number of nitrogens with zero attached hydrogens (tertiary/aromatic N) is 4. The summed E-state index contributed by atoms with van der Waals surface area (Å²) in [4.78, 5) is 21.0. The zero-order chi connectivity index (χ0) is 16.8. The average Bonchev–Trinajstić information content (AvgIpc) is 2.91.